The van der Waals surface area contributed by atoms with Gasteiger partial charge in [0.05, 0.1) is 12.1 Å². The fourth-order valence-corrected chi connectivity index (χ4v) is 4.66. The zero-order valence-electron chi connectivity index (χ0n) is 18.8. The minimum Gasteiger partial charge on any atom is -0.478 e. The lowest BCUT2D eigenvalue weighted by atomic mass is 9.89. The van der Waals surface area contributed by atoms with Crippen LogP contribution in [0.3, 0.4) is 0 Å². The highest BCUT2D eigenvalue weighted by molar-refractivity contribution is 5.95. The van der Waals surface area contributed by atoms with Crippen LogP contribution < -0.4 is 5.69 Å². The second-order valence-electron chi connectivity index (χ2n) is 9.12. The molecule has 0 bridgehead atoms. The molecule has 1 saturated carbocycles. The van der Waals surface area contributed by atoms with Crippen LogP contribution in [0.2, 0.25) is 0 Å². The molecule has 0 aliphatic heterocycles. The normalized spacial score (nSPS) is 14.7. The van der Waals surface area contributed by atoms with E-state index in [1.54, 1.807) is 21.4 Å². The maximum Gasteiger partial charge on any atom is 0.346 e. The Hall–Kier alpha value is -3.15. The molecular formula is C26H31N3O3. The maximum absolute atomic E-state index is 13.2. The molecule has 1 N–H and O–H groups in total. The lowest BCUT2D eigenvalue weighted by Crippen LogP contribution is -2.29. The lowest BCUT2D eigenvalue weighted by molar-refractivity contribution is 0.0697. The van der Waals surface area contributed by atoms with Crippen LogP contribution in [0, 0.1) is 5.92 Å². The Morgan fingerprint density at radius 1 is 1.06 bits per heavy atom. The zero-order chi connectivity index (χ0) is 22.7. The van der Waals surface area contributed by atoms with E-state index in [4.69, 9.17) is 5.10 Å². The minimum absolute atomic E-state index is 0.0421. The molecular weight excluding hydrogens is 402 g/mol. The first-order valence-corrected chi connectivity index (χ1v) is 11.5. The largest absolute Gasteiger partial charge is 0.478 e. The molecule has 0 saturated heterocycles. The Labute approximate surface area is 188 Å². The number of aromatic nitrogens is 3. The maximum atomic E-state index is 13.2. The van der Waals surface area contributed by atoms with E-state index in [1.165, 1.54) is 32.1 Å². The number of rotatable bonds is 7. The minimum atomic E-state index is -0.941. The summed E-state index contributed by atoms with van der Waals surface area (Å²) in [5, 5.41) is 14.2. The van der Waals surface area contributed by atoms with E-state index in [2.05, 4.69) is 13.8 Å². The Kier molecular flexibility index (Phi) is 6.58. The van der Waals surface area contributed by atoms with E-state index >= 15 is 0 Å². The van der Waals surface area contributed by atoms with Crippen molar-refractivity contribution in [3.63, 3.8) is 0 Å². The van der Waals surface area contributed by atoms with Gasteiger partial charge in [0.15, 0.2) is 0 Å². The van der Waals surface area contributed by atoms with Crippen molar-refractivity contribution in [2.45, 2.75) is 65.0 Å². The first-order valence-electron chi connectivity index (χ1n) is 11.5. The van der Waals surface area contributed by atoms with Crippen molar-refractivity contribution in [1.29, 1.82) is 0 Å². The second-order valence-corrected chi connectivity index (χ2v) is 9.12. The average Bonchev–Trinajstić information content (AvgIpc) is 3.10. The van der Waals surface area contributed by atoms with Gasteiger partial charge in [0.2, 0.25) is 0 Å². The van der Waals surface area contributed by atoms with Crippen molar-refractivity contribution in [2.75, 3.05) is 0 Å². The number of aromatic carboxylic acids is 1. The molecule has 4 rings (SSSR count). The number of benzene rings is 2. The SMILES string of the molecule is CC(C)c1nn(CC2CCCCC2)c(=O)n1Cc1ccc(-c2ccccc2C(=O)O)cc1. The van der Waals surface area contributed by atoms with Crippen LogP contribution in [0.5, 0.6) is 0 Å². The van der Waals surface area contributed by atoms with Crippen molar-refractivity contribution < 1.29 is 9.90 Å². The van der Waals surface area contributed by atoms with Gasteiger partial charge in [0.25, 0.3) is 0 Å². The molecule has 32 heavy (non-hydrogen) atoms. The molecule has 1 fully saturated rings. The average molecular weight is 434 g/mol. The second kappa shape index (κ2) is 9.55. The van der Waals surface area contributed by atoms with Crippen molar-refractivity contribution in [3.05, 3.63) is 76.0 Å². The summed E-state index contributed by atoms with van der Waals surface area (Å²) in [6.45, 7) is 5.29. The number of nitrogens with zero attached hydrogens (tertiary/aromatic N) is 3. The number of hydrogen-bond donors (Lipinski definition) is 1. The molecule has 1 aromatic heterocycles. The third-order valence-corrected chi connectivity index (χ3v) is 6.39. The molecule has 2 aromatic carbocycles. The summed E-state index contributed by atoms with van der Waals surface area (Å²) in [5.41, 5.74) is 2.76. The van der Waals surface area contributed by atoms with Crippen molar-refractivity contribution in [3.8, 4) is 11.1 Å². The van der Waals surface area contributed by atoms with Gasteiger partial charge in [0.1, 0.15) is 5.82 Å². The monoisotopic (exact) mass is 433 g/mol. The van der Waals surface area contributed by atoms with E-state index in [0.29, 0.717) is 24.6 Å². The molecule has 1 aliphatic carbocycles. The van der Waals surface area contributed by atoms with E-state index in [0.717, 1.165) is 17.0 Å². The molecule has 0 spiro atoms. The molecule has 6 nitrogen and oxygen atoms in total. The summed E-state index contributed by atoms with van der Waals surface area (Å²) in [6, 6.07) is 14.8. The Morgan fingerprint density at radius 3 is 2.41 bits per heavy atom. The molecule has 1 aliphatic rings. The highest BCUT2D eigenvalue weighted by atomic mass is 16.4. The highest BCUT2D eigenvalue weighted by Gasteiger charge is 2.20. The van der Waals surface area contributed by atoms with E-state index in [-0.39, 0.29) is 17.2 Å². The lowest BCUT2D eigenvalue weighted by Gasteiger charge is -2.20. The molecule has 6 heteroatoms. The van der Waals surface area contributed by atoms with Gasteiger partial charge < -0.3 is 5.11 Å². The van der Waals surface area contributed by atoms with Gasteiger partial charge in [-0.2, -0.15) is 5.10 Å². The fraction of sp³-hybridized carbons (Fsp3) is 0.423. The van der Waals surface area contributed by atoms with Gasteiger partial charge >= 0.3 is 11.7 Å². The van der Waals surface area contributed by atoms with Gasteiger partial charge in [0, 0.05) is 12.5 Å². The van der Waals surface area contributed by atoms with E-state index < -0.39 is 5.97 Å². The quantitative estimate of drug-likeness (QED) is 0.558. The third kappa shape index (κ3) is 4.69. The number of carboxylic acid groups (broad SMARTS) is 1. The van der Waals surface area contributed by atoms with Crippen LogP contribution in [0.4, 0.5) is 0 Å². The van der Waals surface area contributed by atoms with Gasteiger partial charge in [-0.25, -0.2) is 14.3 Å². The summed E-state index contributed by atoms with van der Waals surface area (Å²) in [4.78, 5) is 24.7. The molecule has 0 unspecified atom stereocenters. The Bertz CT molecular complexity index is 1140. The molecule has 0 radical (unpaired) electrons. The molecule has 168 valence electrons. The zero-order valence-corrected chi connectivity index (χ0v) is 18.8. The predicted octanol–water partition coefficient (Wildman–Crippen LogP) is 5.16. The topological polar surface area (TPSA) is 77.1 Å². The highest BCUT2D eigenvalue weighted by Crippen LogP contribution is 2.26. The smallest absolute Gasteiger partial charge is 0.346 e. The van der Waals surface area contributed by atoms with Gasteiger partial charge in [-0.3, -0.25) is 4.57 Å². The van der Waals surface area contributed by atoms with Crippen molar-refractivity contribution in [1.82, 2.24) is 14.3 Å². The molecule has 0 atom stereocenters. The van der Waals surface area contributed by atoms with Crippen LogP contribution in [-0.2, 0) is 13.1 Å². The fourth-order valence-electron chi connectivity index (χ4n) is 4.66. The van der Waals surface area contributed by atoms with Gasteiger partial charge in [-0.1, -0.05) is 75.6 Å². The van der Waals surface area contributed by atoms with Crippen molar-refractivity contribution in [2.24, 2.45) is 5.92 Å². The van der Waals surface area contributed by atoms with Crippen LogP contribution in [-0.4, -0.2) is 25.4 Å². The predicted molar refractivity (Wildman–Crippen MR) is 125 cm³/mol. The van der Waals surface area contributed by atoms with E-state index in [1.807, 2.05) is 36.4 Å². The van der Waals surface area contributed by atoms with Crippen molar-refractivity contribution >= 4 is 5.97 Å². The molecule has 3 aromatic rings. The number of carbonyl (C=O) groups is 1. The van der Waals surface area contributed by atoms with Crippen LogP contribution in [0.15, 0.2) is 53.3 Å². The Morgan fingerprint density at radius 2 is 1.75 bits per heavy atom. The van der Waals surface area contributed by atoms with Crippen LogP contribution in [0.25, 0.3) is 11.1 Å². The first-order chi connectivity index (χ1) is 15.4. The van der Waals surface area contributed by atoms with Crippen LogP contribution >= 0.6 is 0 Å². The standard InChI is InChI=1S/C26H31N3O3/c1-18(2)24-27-29(17-19-8-4-3-5-9-19)26(32)28(24)16-20-12-14-21(15-13-20)22-10-6-7-11-23(22)25(30)31/h6-7,10-15,18-19H,3-5,8-9,16-17H2,1-2H3,(H,30,31). The third-order valence-electron chi connectivity index (χ3n) is 6.39. The summed E-state index contributed by atoms with van der Waals surface area (Å²) >= 11 is 0. The van der Waals surface area contributed by atoms with Gasteiger partial charge in [-0.05, 0) is 41.5 Å². The summed E-state index contributed by atoms with van der Waals surface area (Å²) in [7, 11) is 0. The molecule has 1 heterocycles. The van der Waals surface area contributed by atoms with Gasteiger partial charge in [-0.15, -0.1) is 0 Å². The van der Waals surface area contributed by atoms with Crippen LogP contribution in [0.1, 0.15) is 73.6 Å². The Balaban J connectivity index is 1.59. The first kappa shape index (κ1) is 22.1. The summed E-state index contributed by atoms with van der Waals surface area (Å²) < 4.78 is 3.45. The summed E-state index contributed by atoms with van der Waals surface area (Å²) in [6.07, 6.45) is 6.14. The van der Waals surface area contributed by atoms with E-state index in [9.17, 15) is 14.7 Å². The molecule has 0 amide bonds. The number of hydrogen-bond acceptors (Lipinski definition) is 3. The number of carboxylic acids is 1. The summed E-state index contributed by atoms with van der Waals surface area (Å²) in [5.74, 6) is 0.560.